The van der Waals surface area contributed by atoms with Crippen LogP contribution in [-0.2, 0) is 0 Å². The number of tetrazole rings is 1. The molecule has 1 aromatic carbocycles. The standard InChI is InChI=1S/C13H13FN8/c14-10-3-1-8(2-4-10)11(5-15)18-13-16-6-9(7-17-13)12-19-21-22-20-12/h1-4,6-7,11H,5,15H2,(H,16,17,18)(H,19,20,21,22). The first-order valence-electron chi connectivity index (χ1n) is 6.54. The van der Waals surface area contributed by atoms with Gasteiger partial charge in [0, 0.05) is 18.9 Å². The zero-order valence-electron chi connectivity index (χ0n) is 11.4. The van der Waals surface area contributed by atoms with Crippen molar-refractivity contribution in [3.05, 3.63) is 48.0 Å². The van der Waals surface area contributed by atoms with Crippen molar-refractivity contribution in [2.24, 2.45) is 5.73 Å². The van der Waals surface area contributed by atoms with Gasteiger partial charge in [0.15, 0.2) is 0 Å². The van der Waals surface area contributed by atoms with Gasteiger partial charge in [0.1, 0.15) is 5.82 Å². The molecule has 0 saturated carbocycles. The van der Waals surface area contributed by atoms with E-state index in [1.165, 1.54) is 12.1 Å². The van der Waals surface area contributed by atoms with Crippen molar-refractivity contribution in [2.75, 3.05) is 11.9 Å². The zero-order valence-corrected chi connectivity index (χ0v) is 11.4. The normalized spacial score (nSPS) is 12.1. The molecule has 1 unspecified atom stereocenters. The molecule has 0 amide bonds. The zero-order chi connectivity index (χ0) is 15.4. The van der Waals surface area contributed by atoms with Gasteiger partial charge in [-0.3, -0.25) is 0 Å². The highest BCUT2D eigenvalue weighted by molar-refractivity contribution is 5.51. The molecule has 0 radical (unpaired) electrons. The lowest BCUT2D eigenvalue weighted by molar-refractivity contribution is 0.625. The van der Waals surface area contributed by atoms with Gasteiger partial charge in [-0.2, -0.15) is 5.21 Å². The minimum atomic E-state index is -0.291. The molecule has 0 aliphatic carbocycles. The SMILES string of the molecule is NCC(Nc1ncc(-c2nn[nH]n2)cn1)c1ccc(F)cc1. The van der Waals surface area contributed by atoms with E-state index in [0.29, 0.717) is 23.9 Å². The van der Waals surface area contributed by atoms with Crippen molar-refractivity contribution in [1.82, 2.24) is 30.6 Å². The van der Waals surface area contributed by atoms with Crippen LogP contribution in [0.3, 0.4) is 0 Å². The third kappa shape index (κ3) is 3.04. The van der Waals surface area contributed by atoms with E-state index in [1.807, 2.05) is 0 Å². The summed E-state index contributed by atoms with van der Waals surface area (Å²) in [6.07, 6.45) is 3.16. The number of nitrogens with one attached hydrogen (secondary N) is 2. The van der Waals surface area contributed by atoms with Gasteiger partial charge in [-0.05, 0) is 22.9 Å². The Bertz CT molecular complexity index is 711. The number of aromatic nitrogens is 6. The number of aromatic amines is 1. The molecule has 0 spiro atoms. The quantitative estimate of drug-likeness (QED) is 0.640. The van der Waals surface area contributed by atoms with Crippen LogP contribution in [-0.4, -0.2) is 37.1 Å². The second kappa shape index (κ2) is 6.22. The topological polar surface area (TPSA) is 118 Å². The Morgan fingerprint density at radius 1 is 1.18 bits per heavy atom. The van der Waals surface area contributed by atoms with Crippen molar-refractivity contribution in [3.63, 3.8) is 0 Å². The summed E-state index contributed by atoms with van der Waals surface area (Å²) in [4.78, 5) is 8.38. The molecule has 1 atom stereocenters. The molecule has 4 N–H and O–H groups in total. The van der Waals surface area contributed by atoms with Gasteiger partial charge in [0.2, 0.25) is 11.8 Å². The number of halogens is 1. The van der Waals surface area contributed by atoms with E-state index in [-0.39, 0.29) is 11.9 Å². The molecule has 2 aromatic heterocycles. The van der Waals surface area contributed by atoms with E-state index in [9.17, 15) is 4.39 Å². The molecule has 0 fully saturated rings. The van der Waals surface area contributed by atoms with E-state index in [0.717, 1.165) is 5.56 Å². The average Bonchev–Trinajstić information content (AvgIpc) is 3.09. The Morgan fingerprint density at radius 2 is 1.91 bits per heavy atom. The molecule has 0 aliphatic rings. The first kappa shape index (κ1) is 14.0. The van der Waals surface area contributed by atoms with Crippen LogP contribution < -0.4 is 11.1 Å². The molecular formula is C13H13FN8. The summed E-state index contributed by atoms with van der Waals surface area (Å²) in [5, 5.41) is 16.6. The molecule has 3 rings (SSSR count). The van der Waals surface area contributed by atoms with Gasteiger partial charge >= 0.3 is 0 Å². The van der Waals surface area contributed by atoms with Crippen LogP contribution in [0.4, 0.5) is 10.3 Å². The van der Waals surface area contributed by atoms with Crippen molar-refractivity contribution in [1.29, 1.82) is 0 Å². The third-order valence-corrected chi connectivity index (χ3v) is 3.07. The fraction of sp³-hybridized carbons (Fsp3) is 0.154. The molecule has 0 aliphatic heterocycles. The number of anilines is 1. The predicted molar refractivity (Wildman–Crippen MR) is 77.0 cm³/mol. The molecule has 2 heterocycles. The Labute approximate surface area is 125 Å². The first-order chi connectivity index (χ1) is 10.8. The minimum Gasteiger partial charge on any atom is -0.346 e. The summed E-state index contributed by atoms with van der Waals surface area (Å²) >= 11 is 0. The Hall–Kier alpha value is -2.94. The van der Waals surface area contributed by atoms with E-state index in [2.05, 4.69) is 35.9 Å². The third-order valence-electron chi connectivity index (χ3n) is 3.07. The maximum atomic E-state index is 13.0. The van der Waals surface area contributed by atoms with E-state index in [1.54, 1.807) is 24.5 Å². The molecule has 112 valence electrons. The van der Waals surface area contributed by atoms with Crippen LogP contribution in [0.1, 0.15) is 11.6 Å². The first-order valence-corrected chi connectivity index (χ1v) is 6.54. The summed E-state index contributed by atoms with van der Waals surface area (Å²) in [6, 6.07) is 5.91. The second-order valence-electron chi connectivity index (χ2n) is 4.51. The number of nitrogens with zero attached hydrogens (tertiary/aromatic N) is 5. The van der Waals surface area contributed by atoms with Crippen LogP contribution in [0, 0.1) is 5.82 Å². The van der Waals surface area contributed by atoms with Crippen LogP contribution in [0.15, 0.2) is 36.7 Å². The second-order valence-corrected chi connectivity index (χ2v) is 4.51. The Morgan fingerprint density at radius 3 is 2.50 bits per heavy atom. The van der Waals surface area contributed by atoms with Crippen LogP contribution >= 0.6 is 0 Å². The highest BCUT2D eigenvalue weighted by atomic mass is 19.1. The van der Waals surface area contributed by atoms with Crippen molar-refractivity contribution in [2.45, 2.75) is 6.04 Å². The van der Waals surface area contributed by atoms with Crippen LogP contribution in [0.25, 0.3) is 11.4 Å². The largest absolute Gasteiger partial charge is 0.346 e. The molecule has 22 heavy (non-hydrogen) atoms. The lowest BCUT2D eigenvalue weighted by Gasteiger charge is -2.17. The van der Waals surface area contributed by atoms with Gasteiger partial charge in [0.05, 0.1) is 11.6 Å². The summed E-state index contributed by atoms with van der Waals surface area (Å²) in [7, 11) is 0. The summed E-state index contributed by atoms with van der Waals surface area (Å²) in [6.45, 7) is 0.321. The number of H-pyrrole nitrogens is 1. The Balaban J connectivity index is 1.75. The van der Waals surface area contributed by atoms with Crippen molar-refractivity contribution in [3.8, 4) is 11.4 Å². The number of rotatable bonds is 5. The van der Waals surface area contributed by atoms with Crippen LogP contribution in [0.5, 0.6) is 0 Å². The molecule has 0 bridgehead atoms. The lowest BCUT2D eigenvalue weighted by Crippen LogP contribution is -2.21. The van der Waals surface area contributed by atoms with E-state index < -0.39 is 0 Å². The van der Waals surface area contributed by atoms with Gasteiger partial charge < -0.3 is 11.1 Å². The predicted octanol–water partition coefficient (Wildman–Crippen LogP) is 0.908. The summed E-state index contributed by atoms with van der Waals surface area (Å²) in [5.74, 6) is 0.535. The number of hydrogen-bond acceptors (Lipinski definition) is 7. The van der Waals surface area contributed by atoms with Crippen molar-refractivity contribution < 1.29 is 4.39 Å². The van der Waals surface area contributed by atoms with Gasteiger partial charge in [-0.25, -0.2) is 14.4 Å². The smallest absolute Gasteiger partial charge is 0.223 e. The number of nitrogens with two attached hydrogens (primary N) is 1. The van der Waals surface area contributed by atoms with Crippen LogP contribution in [0.2, 0.25) is 0 Å². The average molecular weight is 300 g/mol. The molecular weight excluding hydrogens is 287 g/mol. The highest BCUT2D eigenvalue weighted by Gasteiger charge is 2.11. The van der Waals surface area contributed by atoms with E-state index in [4.69, 9.17) is 5.73 Å². The number of hydrogen-bond donors (Lipinski definition) is 3. The monoisotopic (exact) mass is 300 g/mol. The molecule has 3 aromatic rings. The van der Waals surface area contributed by atoms with Gasteiger partial charge in [0.25, 0.3) is 0 Å². The molecule has 9 heteroatoms. The lowest BCUT2D eigenvalue weighted by atomic mass is 10.1. The molecule has 8 nitrogen and oxygen atoms in total. The maximum Gasteiger partial charge on any atom is 0.223 e. The van der Waals surface area contributed by atoms with E-state index >= 15 is 0 Å². The summed E-state index contributed by atoms with van der Waals surface area (Å²) < 4.78 is 13.0. The minimum absolute atomic E-state index is 0.211. The summed E-state index contributed by atoms with van der Waals surface area (Å²) in [5.41, 5.74) is 7.25. The molecule has 0 saturated heterocycles. The van der Waals surface area contributed by atoms with Gasteiger partial charge in [-0.1, -0.05) is 12.1 Å². The number of benzene rings is 1. The fourth-order valence-electron chi connectivity index (χ4n) is 1.93. The highest BCUT2D eigenvalue weighted by Crippen LogP contribution is 2.18. The fourth-order valence-corrected chi connectivity index (χ4v) is 1.93. The van der Waals surface area contributed by atoms with Crippen molar-refractivity contribution >= 4 is 5.95 Å². The van der Waals surface area contributed by atoms with Gasteiger partial charge in [-0.15, -0.1) is 10.2 Å². The maximum absolute atomic E-state index is 13.0. The Kier molecular flexibility index (Phi) is 3.97.